The predicted molar refractivity (Wildman–Crippen MR) is 104 cm³/mol. The van der Waals surface area contributed by atoms with Crippen molar-refractivity contribution in [3.05, 3.63) is 29.3 Å². The Labute approximate surface area is 156 Å². The zero-order valence-corrected chi connectivity index (χ0v) is 16.3. The summed E-state index contributed by atoms with van der Waals surface area (Å²) in [6.07, 6.45) is 5.25. The van der Waals surface area contributed by atoms with Gasteiger partial charge >= 0.3 is 0 Å². The summed E-state index contributed by atoms with van der Waals surface area (Å²) in [5, 5.41) is 5.96. The van der Waals surface area contributed by atoms with Crippen molar-refractivity contribution in [3.63, 3.8) is 0 Å². The molecule has 1 aliphatic carbocycles. The highest BCUT2D eigenvalue weighted by atomic mass is 16.2. The van der Waals surface area contributed by atoms with E-state index in [1.165, 1.54) is 17.9 Å². The summed E-state index contributed by atoms with van der Waals surface area (Å²) in [7, 11) is 0. The first kappa shape index (κ1) is 18.6. The SMILES string of the molecule is Cc1ccc(C)c(N2N=C(C(=O)N(C(C)C)C3CCCC3)CCC2=O)c1. The first-order valence-corrected chi connectivity index (χ1v) is 9.69. The molecule has 5 nitrogen and oxygen atoms in total. The van der Waals surface area contributed by atoms with Gasteiger partial charge in [-0.15, -0.1) is 0 Å². The van der Waals surface area contributed by atoms with E-state index < -0.39 is 0 Å². The third-order valence-corrected chi connectivity index (χ3v) is 5.38. The number of carbonyl (C=O) groups is 2. The van der Waals surface area contributed by atoms with Crippen molar-refractivity contribution < 1.29 is 9.59 Å². The van der Waals surface area contributed by atoms with Crippen molar-refractivity contribution in [1.82, 2.24) is 4.90 Å². The second-order valence-corrected chi connectivity index (χ2v) is 7.79. The highest BCUT2D eigenvalue weighted by molar-refractivity contribution is 6.40. The van der Waals surface area contributed by atoms with Crippen LogP contribution in [0.25, 0.3) is 0 Å². The molecule has 1 fully saturated rings. The maximum atomic E-state index is 13.2. The Bertz CT molecular complexity index is 733. The predicted octanol–water partition coefficient (Wildman–Crippen LogP) is 3.97. The van der Waals surface area contributed by atoms with Crippen LogP contribution < -0.4 is 5.01 Å². The lowest BCUT2D eigenvalue weighted by Crippen LogP contribution is -2.48. The average molecular weight is 355 g/mol. The Morgan fingerprint density at radius 1 is 1.19 bits per heavy atom. The highest BCUT2D eigenvalue weighted by Gasteiger charge is 2.34. The van der Waals surface area contributed by atoms with Crippen LogP contribution in [-0.4, -0.2) is 34.5 Å². The van der Waals surface area contributed by atoms with Gasteiger partial charge in [-0.3, -0.25) is 9.59 Å². The lowest BCUT2D eigenvalue weighted by atomic mass is 10.1. The van der Waals surface area contributed by atoms with Crippen molar-refractivity contribution in [2.24, 2.45) is 5.10 Å². The summed E-state index contributed by atoms with van der Waals surface area (Å²) in [6.45, 7) is 8.08. The Kier molecular flexibility index (Phi) is 5.44. The second kappa shape index (κ2) is 7.60. The molecule has 0 spiro atoms. The van der Waals surface area contributed by atoms with Gasteiger partial charge < -0.3 is 4.90 Å². The van der Waals surface area contributed by atoms with Gasteiger partial charge in [0, 0.05) is 24.9 Å². The van der Waals surface area contributed by atoms with Crippen LogP contribution in [-0.2, 0) is 9.59 Å². The maximum Gasteiger partial charge on any atom is 0.270 e. The number of rotatable bonds is 4. The van der Waals surface area contributed by atoms with Crippen LogP contribution in [0.3, 0.4) is 0 Å². The Morgan fingerprint density at radius 3 is 2.54 bits per heavy atom. The number of anilines is 1. The number of hydrogen-bond donors (Lipinski definition) is 0. The van der Waals surface area contributed by atoms with Crippen molar-refractivity contribution in [1.29, 1.82) is 0 Å². The van der Waals surface area contributed by atoms with Crippen molar-refractivity contribution in [2.45, 2.75) is 78.3 Å². The molecule has 0 saturated heterocycles. The topological polar surface area (TPSA) is 53.0 Å². The van der Waals surface area contributed by atoms with Gasteiger partial charge in [-0.2, -0.15) is 5.10 Å². The van der Waals surface area contributed by atoms with E-state index in [1.54, 1.807) is 0 Å². The molecule has 2 amide bonds. The van der Waals surface area contributed by atoms with Crippen molar-refractivity contribution in [3.8, 4) is 0 Å². The molecule has 1 saturated carbocycles. The monoisotopic (exact) mass is 355 g/mol. The van der Waals surface area contributed by atoms with Gasteiger partial charge in [0.15, 0.2) is 0 Å². The molecular weight excluding hydrogens is 326 g/mol. The number of amides is 2. The van der Waals surface area contributed by atoms with Crippen LogP contribution in [0.4, 0.5) is 5.69 Å². The van der Waals surface area contributed by atoms with Crippen LogP contribution >= 0.6 is 0 Å². The van der Waals surface area contributed by atoms with Gasteiger partial charge in [-0.05, 0) is 57.7 Å². The van der Waals surface area contributed by atoms with E-state index in [1.807, 2.05) is 36.9 Å². The molecule has 3 rings (SSSR count). The summed E-state index contributed by atoms with van der Waals surface area (Å²) in [4.78, 5) is 27.7. The minimum atomic E-state index is -0.0489. The van der Waals surface area contributed by atoms with Crippen molar-refractivity contribution >= 4 is 23.2 Å². The van der Waals surface area contributed by atoms with Gasteiger partial charge in [0.2, 0.25) is 5.91 Å². The maximum absolute atomic E-state index is 13.2. The minimum absolute atomic E-state index is 0.00490. The summed E-state index contributed by atoms with van der Waals surface area (Å²) >= 11 is 0. The van der Waals surface area contributed by atoms with E-state index in [9.17, 15) is 9.59 Å². The molecule has 0 aromatic heterocycles. The first-order valence-electron chi connectivity index (χ1n) is 9.69. The quantitative estimate of drug-likeness (QED) is 0.821. The van der Waals surface area contributed by atoms with Gasteiger partial charge in [-0.25, -0.2) is 5.01 Å². The fourth-order valence-electron chi connectivity index (χ4n) is 4.00. The molecule has 0 unspecified atom stereocenters. The molecule has 0 radical (unpaired) electrons. The largest absolute Gasteiger partial charge is 0.332 e. The van der Waals surface area contributed by atoms with Crippen LogP contribution in [0, 0.1) is 13.8 Å². The third-order valence-electron chi connectivity index (χ3n) is 5.38. The average Bonchev–Trinajstić information content (AvgIpc) is 3.11. The summed E-state index contributed by atoms with van der Waals surface area (Å²) in [6, 6.07) is 6.41. The van der Waals surface area contributed by atoms with Crippen LogP contribution in [0.2, 0.25) is 0 Å². The fraction of sp³-hybridized carbons (Fsp3) is 0.571. The molecule has 0 bridgehead atoms. The number of aryl methyl sites for hydroxylation is 2. The number of hydrazone groups is 1. The first-order chi connectivity index (χ1) is 12.4. The smallest absolute Gasteiger partial charge is 0.270 e. The second-order valence-electron chi connectivity index (χ2n) is 7.79. The van der Waals surface area contributed by atoms with E-state index in [4.69, 9.17) is 0 Å². The molecule has 140 valence electrons. The third kappa shape index (κ3) is 3.67. The molecule has 2 aliphatic rings. The lowest BCUT2D eigenvalue weighted by Gasteiger charge is -2.34. The molecule has 1 aliphatic heterocycles. The lowest BCUT2D eigenvalue weighted by molar-refractivity contribution is -0.128. The molecule has 1 aromatic rings. The van der Waals surface area contributed by atoms with Crippen LogP contribution in [0.5, 0.6) is 0 Å². The molecular formula is C21H29N3O2. The highest BCUT2D eigenvalue weighted by Crippen LogP contribution is 2.28. The summed E-state index contributed by atoms with van der Waals surface area (Å²) in [5.74, 6) is -0.0538. The zero-order valence-electron chi connectivity index (χ0n) is 16.3. The van der Waals surface area contributed by atoms with E-state index in [0.29, 0.717) is 24.6 Å². The van der Waals surface area contributed by atoms with Crippen molar-refractivity contribution in [2.75, 3.05) is 5.01 Å². The van der Waals surface area contributed by atoms with E-state index in [-0.39, 0.29) is 17.9 Å². The Hall–Kier alpha value is -2.17. The fourth-order valence-corrected chi connectivity index (χ4v) is 4.00. The summed E-state index contributed by atoms with van der Waals surface area (Å²) < 4.78 is 0. The molecule has 0 atom stereocenters. The minimum Gasteiger partial charge on any atom is -0.332 e. The van der Waals surface area contributed by atoms with Crippen LogP contribution in [0.15, 0.2) is 23.3 Å². The van der Waals surface area contributed by atoms with Crippen LogP contribution in [0.1, 0.15) is 63.5 Å². The van der Waals surface area contributed by atoms with Gasteiger partial charge in [0.25, 0.3) is 5.91 Å². The molecule has 1 heterocycles. The number of carbonyl (C=O) groups excluding carboxylic acids is 2. The standard InChI is InChI=1S/C21H29N3O2/c1-14(2)23(17-7-5-6-8-17)21(26)18-11-12-20(25)24(22-18)19-13-15(3)9-10-16(19)4/h9-10,13-14,17H,5-8,11-12H2,1-4H3. The Morgan fingerprint density at radius 2 is 1.88 bits per heavy atom. The molecule has 5 heteroatoms. The molecule has 26 heavy (non-hydrogen) atoms. The Balaban J connectivity index is 1.92. The normalized spacial score (nSPS) is 18.4. The van der Waals surface area contributed by atoms with E-state index in [0.717, 1.165) is 29.7 Å². The van der Waals surface area contributed by atoms with E-state index >= 15 is 0 Å². The number of hydrogen-bond acceptors (Lipinski definition) is 3. The zero-order chi connectivity index (χ0) is 18.8. The summed E-state index contributed by atoms with van der Waals surface area (Å²) in [5.41, 5.74) is 3.34. The molecule has 0 N–H and O–H groups in total. The van der Waals surface area contributed by atoms with Gasteiger partial charge in [0.1, 0.15) is 5.71 Å². The number of benzene rings is 1. The van der Waals surface area contributed by atoms with Gasteiger partial charge in [0.05, 0.1) is 5.69 Å². The van der Waals surface area contributed by atoms with Gasteiger partial charge in [-0.1, -0.05) is 25.0 Å². The number of nitrogens with zero attached hydrogens (tertiary/aromatic N) is 3. The molecule has 1 aromatic carbocycles. The van der Waals surface area contributed by atoms with E-state index in [2.05, 4.69) is 18.9 Å².